The second kappa shape index (κ2) is 10.7. The zero-order chi connectivity index (χ0) is 14.8. The Morgan fingerprint density at radius 1 is 0.684 bits per heavy atom. The lowest BCUT2D eigenvalue weighted by Gasteiger charge is -2.34. The average Bonchev–Trinajstić information content (AvgIpc) is 2.29. The fraction of sp³-hybridized carbons (Fsp3) is 1.00. The van der Waals surface area contributed by atoms with Crippen molar-refractivity contribution in [3.63, 3.8) is 0 Å². The Morgan fingerprint density at radius 3 is 1.37 bits per heavy atom. The molecule has 0 fully saturated rings. The molecule has 0 aromatic heterocycles. The molecule has 0 aromatic rings. The molecule has 0 aromatic carbocycles. The van der Waals surface area contributed by atoms with Crippen molar-refractivity contribution in [1.82, 2.24) is 0 Å². The Kier molecular flexibility index (Phi) is 11.3. The van der Waals surface area contributed by atoms with Crippen LogP contribution in [0.15, 0.2) is 0 Å². The van der Waals surface area contributed by atoms with E-state index in [9.17, 15) is 0 Å². The van der Waals surface area contributed by atoms with Gasteiger partial charge in [-0.1, -0.05) is 26.7 Å². The Labute approximate surface area is 135 Å². The third kappa shape index (κ3) is 12.5. The van der Waals surface area contributed by atoms with Gasteiger partial charge >= 0.3 is 0 Å². The van der Waals surface area contributed by atoms with E-state index in [0.29, 0.717) is 9.49 Å². The van der Waals surface area contributed by atoms with Gasteiger partial charge in [0.15, 0.2) is 0 Å². The monoisotopic (exact) mass is 322 g/mol. The highest BCUT2D eigenvalue weighted by molar-refractivity contribution is 8.06. The maximum atomic E-state index is 2.41. The van der Waals surface area contributed by atoms with Crippen LogP contribution in [-0.2, 0) is 0 Å². The first-order valence-corrected chi connectivity index (χ1v) is 10.8. The van der Waals surface area contributed by atoms with Gasteiger partial charge in [0.25, 0.3) is 0 Å². The van der Waals surface area contributed by atoms with Crippen molar-refractivity contribution in [3.05, 3.63) is 0 Å². The minimum absolute atomic E-state index is 0.396. The molecular weight excluding hydrogens is 288 g/mol. The van der Waals surface area contributed by atoms with E-state index in [0.717, 1.165) is 0 Å². The predicted octanol–water partition coefficient (Wildman–Crippen LogP) is 6.34. The summed E-state index contributed by atoms with van der Waals surface area (Å²) in [6.07, 6.45) is 5.36. The summed E-state index contributed by atoms with van der Waals surface area (Å²) in [4.78, 5) is 0. The highest BCUT2D eigenvalue weighted by Crippen LogP contribution is 2.40. The smallest absolute Gasteiger partial charge is 0.0199 e. The third-order valence-electron chi connectivity index (χ3n) is 2.74. The number of hydrogen-bond acceptors (Lipinski definition) is 3. The third-order valence-corrected chi connectivity index (χ3v) is 7.50. The summed E-state index contributed by atoms with van der Waals surface area (Å²) in [5.74, 6) is 5.21. The topological polar surface area (TPSA) is 0 Å². The lowest BCUT2D eigenvalue weighted by molar-refractivity contribution is 0.752. The van der Waals surface area contributed by atoms with Crippen LogP contribution >= 0.6 is 35.3 Å². The van der Waals surface area contributed by atoms with E-state index < -0.39 is 0 Å². The molecule has 0 saturated carbocycles. The second-order valence-corrected chi connectivity index (χ2v) is 11.1. The maximum absolute atomic E-state index is 2.41. The van der Waals surface area contributed by atoms with Crippen LogP contribution in [0.3, 0.4) is 0 Å². The SMILES string of the molecule is CCCCSCC(C)(C)SC(C)(C)CSCCCC. The number of rotatable bonds is 12. The molecule has 116 valence electrons. The fourth-order valence-electron chi connectivity index (χ4n) is 1.94. The van der Waals surface area contributed by atoms with Crippen molar-refractivity contribution in [1.29, 1.82) is 0 Å². The molecule has 3 heteroatoms. The molecule has 0 bridgehead atoms. The van der Waals surface area contributed by atoms with E-state index in [2.05, 4.69) is 76.8 Å². The normalized spacial score (nSPS) is 12.9. The highest BCUT2D eigenvalue weighted by Gasteiger charge is 2.29. The second-order valence-electron chi connectivity index (χ2n) is 6.43. The van der Waals surface area contributed by atoms with Crippen LogP contribution in [0, 0.1) is 0 Å². The van der Waals surface area contributed by atoms with Crippen LogP contribution < -0.4 is 0 Å². The molecule has 0 unspecified atom stereocenters. The van der Waals surface area contributed by atoms with E-state index >= 15 is 0 Å². The molecule has 0 nitrogen and oxygen atoms in total. The summed E-state index contributed by atoms with van der Waals surface area (Å²) >= 11 is 6.44. The van der Waals surface area contributed by atoms with Crippen LogP contribution in [-0.4, -0.2) is 32.5 Å². The maximum Gasteiger partial charge on any atom is 0.0199 e. The molecule has 0 rings (SSSR count). The summed E-state index contributed by atoms with van der Waals surface area (Å²) in [6, 6.07) is 0. The standard InChI is InChI=1S/C16H34S3/c1-7-9-11-17-13-15(3,4)19-16(5,6)14-18-12-10-8-2/h7-14H2,1-6H3. The van der Waals surface area contributed by atoms with E-state index in [1.807, 2.05) is 0 Å². The largest absolute Gasteiger partial charge is 0.161 e. The molecule has 0 atom stereocenters. The van der Waals surface area contributed by atoms with E-state index in [1.165, 1.54) is 48.7 Å². The zero-order valence-electron chi connectivity index (χ0n) is 13.9. The summed E-state index contributed by atoms with van der Waals surface area (Å²) < 4.78 is 0.792. The molecule has 19 heavy (non-hydrogen) atoms. The first-order valence-electron chi connectivity index (χ1n) is 7.68. The van der Waals surface area contributed by atoms with Gasteiger partial charge in [-0.05, 0) is 52.0 Å². The van der Waals surface area contributed by atoms with Crippen LogP contribution in [0.4, 0.5) is 0 Å². The molecule has 0 spiro atoms. The number of hydrogen-bond donors (Lipinski definition) is 0. The van der Waals surface area contributed by atoms with Crippen molar-refractivity contribution >= 4 is 35.3 Å². The summed E-state index contributed by atoms with van der Waals surface area (Å²) in [6.45, 7) is 14.2. The quantitative estimate of drug-likeness (QED) is 0.385. The molecule has 0 aliphatic carbocycles. The lowest BCUT2D eigenvalue weighted by atomic mass is 10.2. The van der Waals surface area contributed by atoms with E-state index in [-0.39, 0.29) is 0 Å². The first kappa shape index (κ1) is 20.1. The van der Waals surface area contributed by atoms with Crippen molar-refractivity contribution in [2.24, 2.45) is 0 Å². The van der Waals surface area contributed by atoms with Crippen LogP contribution in [0.1, 0.15) is 67.2 Å². The van der Waals surface area contributed by atoms with Gasteiger partial charge in [-0.15, -0.1) is 11.8 Å². The summed E-state index contributed by atoms with van der Waals surface area (Å²) in [5, 5.41) is 0. The molecule has 0 aliphatic heterocycles. The van der Waals surface area contributed by atoms with Crippen molar-refractivity contribution in [2.75, 3.05) is 23.0 Å². The van der Waals surface area contributed by atoms with Crippen LogP contribution in [0.2, 0.25) is 0 Å². The van der Waals surface area contributed by atoms with Gasteiger partial charge in [0.2, 0.25) is 0 Å². The Morgan fingerprint density at radius 2 is 1.05 bits per heavy atom. The molecule has 0 N–H and O–H groups in total. The van der Waals surface area contributed by atoms with Gasteiger partial charge in [-0.25, -0.2) is 0 Å². The van der Waals surface area contributed by atoms with Crippen molar-refractivity contribution in [3.8, 4) is 0 Å². The van der Waals surface area contributed by atoms with Crippen LogP contribution in [0.5, 0.6) is 0 Å². The lowest BCUT2D eigenvalue weighted by Crippen LogP contribution is -2.30. The molecule has 0 heterocycles. The van der Waals surface area contributed by atoms with Crippen molar-refractivity contribution in [2.45, 2.75) is 76.7 Å². The fourth-order valence-corrected chi connectivity index (χ4v) is 6.66. The highest BCUT2D eigenvalue weighted by atomic mass is 32.2. The van der Waals surface area contributed by atoms with Crippen LogP contribution in [0.25, 0.3) is 0 Å². The van der Waals surface area contributed by atoms with Crippen molar-refractivity contribution < 1.29 is 0 Å². The molecular formula is C16H34S3. The van der Waals surface area contributed by atoms with E-state index in [4.69, 9.17) is 0 Å². The number of unbranched alkanes of at least 4 members (excludes halogenated alkanes) is 2. The number of thioether (sulfide) groups is 3. The molecule has 0 amide bonds. The van der Waals surface area contributed by atoms with Gasteiger partial charge in [-0.2, -0.15) is 23.5 Å². The Hall–Kier alpha value is 1.05. The molecule has 0 saturated heterocycles. The summed E-state index contributed by atoms with van der Waals surface area (Å²) in [5.41, 5.74) is 0. The Bertz CT molecular complexity index is 190. The van der Waals surface area contributed by atoms with Gasteiger partial charge in [0, 0.05) is 21.0 Å². The average molecular weight is 323 g/mol. The minimum Gasteiger partial charge on any atom is -0.161 e. The molecule has 0 aliphatic rings. The summed E-state index contributed by atoms with van der Waals surface area (Å²) in [7, 11) is 0. The Balaban J connectivity index is 3.93. The van der Waals surface area contributed by atoms with Gasteiger partial charge in [0.05, 0.1) is 0 Å². The molecule has 0 radical (unpaired) electrons. The predicted molar refractivity (Wildman–Crippen MR) is 100 cm³/mol. The minimum atomic E-state index is 0.396. The zero-order valence-corrected chi connectivity index (χ0v) is 16.3. The van der Waals surface area contributed by atoms with Gasteiger partial charge in [-0.3, -0.25) is 0 Å². The van der Waals surface area contributed by atoms with Gasteiger partial charge in [0.1, 0.15) is 0 Å². The van der Waals surface area contributed by atoms with Gasteiger partial charge < -0.3 is 0 Å². The first-order chi connectivity index (χ1) is 8.83. The van der Waals surface area contributed by atoms with E-state index in [1.54, 1.807) is 0 Å².